The van der Waals surface area contributed by atoms with Crippen LogP contribution in [0.2, 0.25) is 18.1 Å². The van der Waals surface area contributed by atoms with E-state index in [9.17, 15) is 4.79 Å². The molecule has 0 aromatic carbocycles. The quantitative estimate of drug-likeness (QED) is 0.401. The molecule has 4 aliphatic rings. The van der Waals surface area contributed by atoms with Crippen LogP contribution in [0.25, 0.3) is 0 Å². The van der Waals surface area contributed by atoms with Gasteiger partial charge in [-0.15, -0.1) is 0 Å². The summed E-state index contributed by atoms with van der Waals surface area (Å²) < 4.78 is 19.0. The zero-order valence-corrected chi connectivity index (χ0v) is 20.7. The maximum absolute atomic E-state index is 12.9. The number of hydrogen-bond donors (Lipinski definition) is 0. The minimum atomic E-state index is -1.87. The van der Waals surface area contributed by atoms with Crippen molar-refractivity contribution in [2.45, 2.75) is 102 Å². The molecule has 0 unspecified atom stereocenters. The maximum atomic E-state index is 12.9. The summed E-state index contributed by atoms with van der Waals surface area (Å²) in [6, 6.07) is 0. The molecule has 1 heterocycles. The van der Waals surface area contributed by atoms with Crippen LogP contribution in [0.1, 0.15) is 72.1 Å². The first-order valence-corrected chi connectivity index (χ1v) is 15.2. The Bertz CT molecular complexity index is 653. The van der Waals surface area contributed by atoms with Crippen molar-refractivity contribution in [1.29, 1.82) is 0 Å². The van der Waals surface area contributed by atoms with Crippen molar-refractivity contribution < 1.29 is 18.7 Å². The SMILES string of the molecule is CC(C)(C)[Si](C)(C)O[C@@H]1C[C@H]2CC3(C[C@H]2[C@H]1/C=C/C(=O)C1CCCCC1)OCCO3. The molecule has 4 nitrogen and oxygen atoms in total. The van der Waals surface area contributed by atoms with Crippen molar-refractivity contribution in [3.8, 4) is 0 Å². The summed E-state index contributed by atoms with van der Waals surface area (Å²) in [6.07, 6.45) is 13.2. The predicted octanol–water partition coefficient (Wildman–Crippen LogP) is 5.87. The van der Waals surface area contributed by atoms with E-state index in [1.165, 1.54) is 19.3 Å². The second kappa shape index (κ2) is 8.46. The highest BCUT2D eigenvalue weighted by Gasteiger charge is 2.57. The van der Waals surface area contributed by atoms with Gasteiger partial charge in [-0.3, -0.25) is 4.79 Å². The van der Waals surface area contributed by atoms with Crippen molar-refractivity contribution in [2.24, 2.45) is 23.7 Å². The van der Waals surface area contributed by atoms with Crippen molar-refractivity contribution in [1.82, 2.24) is 0 Å². The van der Waals surface area contributed by atoms with E-state index in [-0.39, 0.29) is 22.8 Å². The zero-order chi connectivity index (χ0) is 21.6. The lowest BCUT2D eigenvalue weighted by Gasteiger charge is -2.40. The van der Waals surface area contributed by atoms with Crippen LogP contribution in [0, 0.1) is 23.7 Å². The molecule has 0 bridgehead atoms. The number of carbonyl (C=O) groups excluding carboxylic acids is 1. The summed E-state index contributed by atoms with van der Waals surface area (Å²) in [4.78, 5) is 12.9. The Kier molecular flexibility index (Phi) is 6.40. The summed E-state index contributed by atoms with van der Waals surface area (Å²) >= 11 is 0. The van der Waals surface area contributed by atoms with E-state index in [0.717, 1.165) is 32.1 Å². The Labute approximate surface area is 184 Å². The minimum Gasteiger partial charge on any atom is -0.413 e. The predicted molar refractivity (Wildman–Crippen MR) is 122 cm³/mol. The molecule has 3 saturated carbocycles. The van der Waals surface area contributed by atoms with Crippen LogP contribution >= 0.6 is 0 Å². The van der Waals surface area contributed by atoms with E-state index >= 15 is 0 Å². The number of allylic oxidation sites excluding steroid dienone is 1. The van der Waals surface area contributed by atoms with Gasteiger partial charge in [0.1, 0.15) is 0 Å². The van der Waals surface area contributed by atoms with Crippen LogP contribution in [0.5, 0.6) is 0 Å². The lowest BCUT2D eigenvalue weighted by atomic mass is 9.85. The molecule has 0 radical (unpaired) electrons. The smallest absolute Gasteiger partial charge is 0.192 e. The molecule has 4 atom stereocenters. The average Bonchev–Trinajstić information content (AvgIpc) is 3.35. The van der Waals surface area contributed by atoms with Gasteiger partial charge in [0, 0.05) is 24.7 Å². The molecule has 0 amide bonds. The molecular weight excluding hydrogens is 392 g/mol. The molecule has 0 aromatic heterocycles. The minimum absolute atomic E-state index is 0.190. The standard InChI is InChI=1S/C25H42O4Si/c1-24(2,3)30(4,5)29-23-15-19-16-25(27-13-14-28-25)17-21(19)20(23)11-12-22(26)18-9-7-6-8-10-18/h11-12,18-21,23H,6-10,13-17H2,1-5H3/b12-11+/t19-,20+,21+,23+/m0/s1. The first-order chi connectivity index (χ1) is 14.1. The number of carbonyl (C=O) groups is 1. The highest BCUT2D eigenvalue weighted by molar-refractivity contribution is 6.74. The van der Waals surface area contributed by atoms with E-state index < -0.39 is 8.32 Å². The fraction of sp³-hybridized carbons (Fsp3) is 0.880. The third-order valence-electron chi connectivity index (χ3n) is 8.74. The number of fused-ring (bicyclic) bond motifs is 1. The second-order valence-electron chi connectivity index (χ2n) is 11.8. The molecule has 170 valence electrons. The van der Waals surface area contributed by atoms with Crippen LogP contribution < -0.4 is 0 Å². The summed E-state index contributed by atoms with van der Waals surface area (Å²) in [7, 11) is -1.87. The fourth-order valence-electron chi connectivity index (χ4n) is 6.01. The topological polar surface area (TPSA) is 44.8 Å². The van der Waals surface area contributed by atoms with Gasteiger partial charge < -0.3 is 13.9 Å². The second-order valence-corrected chi connectivity index (χ2v) is 16.5. The molecule has 5 heteroatoms. The van der Waals surface area contributed by atoms with Crippen LogP contribution in [0.15, 0.2) is 12.2 Å². The highest BCUT2D eigenvalue weighted by Crippen LogP contribution is 2.56. The van der Waals surface area contributed by atoms with Crippen LogP contribution in [0.4, 0.5) is 0 Å². The van der Waals surface area contributed by atoms with E-state index in [4.69, 9.17) is 13.9 Å². The Morgan fingerprint density at radius 3 is 2.37 bits per heavy atom. The van der Waals surface area contributed by atoms with Gasteiger partial charge in [0.05, 0.1) is 19.3 Å². The summed E-state index contributed by atoms with van der Waals surface area (Å²) in [6.45, 7) is 13.0. The Morgan fingerprint density at radius 1 is 1.07 bits per heavy atom. The van der Waals surface area contributed by atoms with Crippen molar-refractivity contribution in [3.05, 3.63) is 12.2 Å². The summed E-state index contributed by atoms with van der Waals surface area (Å²) in [5, 5.41) is 0.190. The largest absolute Gasteiger partial charge is 0.413 e. The first kappa shape index (κ1) is 22.7. The van der Waals surface area contributed by atoms with Gasteiger partial charge in [0.15, 0.2) is 19.9 Å². The van der Waals surface area contributed by atoms with E-state index in [1.807, 2.05) is 6.08 Å². The van der Waals surface area contributed by atoms with Gasteiger partial charge in [-0.25, -0.2) is 0 Å². The molecule has 3 aliphatic carbocycles. The molecular formula is C25H42O4Si. The van der Waals surface area contributed by atoms with E-state index in [0.29, 0.717) is 36.8 Å². The van der Waals surface area contributed by atoms with E-state index in [1.54, 1.807) is 0 Å². The van der Waals surface area contributed by atoms with Gasteiger partial charge in [0.2, 0.25) is 0 Å². The molecule has 0 aromatic rings. The summed E-state index contributed by atoms with van der Waals surface area (Å²) in [5.41, 5.74) is 0. The Hall–Kier alpha value is -0.493. The van der Waals surface area contributed by atoms with Crippen LogP contribution in [0.3, 0.4) is 0 Å². The molecule has 1 aliphatic heterocycles. The van der Waals surface area contributed by atoms with Gasteiger partial charge in [-0.2, -0.15) is 0 Å². The van der Waals surface area contributed by atoms with Gasteiger partial charge in [-0.1, -0.05) is 46.1 Å². The molecule has 0 N–H and O–H groups in total. The monoisotopic (exact) mass is 434 g/mol. The number of hydrogen-bond acceptors (Lipinski definition) is 4. The van der Waals surface area contributed by atoms with E-state index in [2.05, 4.69) is 39.9 Å². The molecule has 1 spiro atoms. The first-order valence-electron chi connectivity index (χ1n) is 12.3. The van der Waals surface area contributed by atoms with Crippen LogP contribution in [-0.2, 0) is 18.7 Å². The van der Waals surface area contributed by atoms with Crippen molar-refractivity contribution >= 4 is 14.1 Å². The van der Waals surface area contributed by atoms with Crippen molar-refractivity contribution in [2.75, 3.05) is 13.2 Å². The van der Waals surface area contributed by atoms with Gasteiger partial charge in [-0.05, 0) is 55.3 Å². The fourth-order valence-corrected chi connectivity index (χ4v) is 7.37. The normalized spacial score (nSPS) is 34.8. The lowest BCUT2D eigenvalue weighted by Crippen LogP contribution is -2.45. The molecule has 1 saturated heterocycles. The molecule has 4 fully saturated rings. The Balaban J connectivity index is 1.51. The summed E-state index contributed by atoms with van der Waals surface area (Å²) in [5.74, 6) is 1.57. The third kappa shape index (κ3) is 4.50. The third-order valence-corrected chi connectivity index (χ3v) is 13.2. The highest BCUT2D eigenvalue weighted by atomic mass is 28.4. The van der Waals surface area contributed by atoms with Gasteiger partial charge >= 0.3 is 0 Å². The van der Waals surface area contributed by atoms with Gasteiger partial charge in [0.25, 0.3) is 0 Å². The van der Waals surface area contributed by atoms with Crippen molar-refractivity contribution in [3.63, 3.8) is 0 Å². The molecule has 4 rings (SSSR count). The average molecular weight is 435 g/mol. The number of ketones is 1. The Morgan fingerprint density at radius 2 is 1.73 bits per heavy atom. The lowest BCUT2D eigenvalue weighted by molar-refractivity contribution is -0.157. The maximum Gasteiger partial charge on any atom is 0.192 e. The number of rotatable bonds is 5. The zero-order valence-electron chi connectivity index (χ0n) is 19.7. The van der Waals surface area contributed by atoms with Crippen LogP contribution in [-0.4, -0.2) is 39.2 Å². The molecule has 30 heavy (non-hydrogen) atoms. The number of ether oxygens (including phenoxy) is 2.